The Morgan fingerprint density at radius 3 is 2.72 bits per heavy atom. The molecule has 2 fully saturated rings. The summed E-state index contributed by atoms with van der Waals surface area (Å²) in [5.41, 5.74) is 7.11. The van der Waals surface area contributed by atoms with Crippen LogP contribution >= 0.6 is 0 Å². The molecule has 0 saturated heterocycles. The molecule has 0 atom stereocenters. The zero-order valence-electron chi connectivity index (χ0n) is 18.3. The van der Waals surface area contributed by atoms with E-state index in [1.165, 1.54) is 42.5 Å². The van der Waals surface area contributed by atoms with Gasteiger partial charge in [0.25, 0.3) is 0 Å². The maximum Gasteiger partial charge on any atom is 0.140 e. The SMILES string of the molecule is Cc1ccc2nc(C3CC3)nc(N3CCc4ncc(-c5cnn(C6CC6)c5)cc4C3)c2c1. The van der Waals surface area contributed by atoms with E-state index in [1.807, 2.05) is 12.4 Å². The van der Waals surface area contributed by atoms with Crippen molar-refractivity contribution >= 4 is 16.7 Å². The molecule has 0 N–H and O–H groups in total. The predicted molar refractivity (Wildman–Crippen MR) is 125 cm³/mol. The first-order chi connectivity index (χ1) is 15.7. The molecule has 1 aromatic carbocycles. The number of hydrogen-bond acceptors (Lipinski definition) is 5. The van der Waals surface area contributed by atoms with Crippen molar-refractivity contribution in [3.63, 3.8) is 0 Å². The van der Waals surface area contributed by atoms with Crippen LogP contribution in [0, 0.1) is 6.92 Å². The zero-order chi connectivity index (χ0) is 21.2. The van der Waals surface area contributed by atoms with Crippen LogP contribution in [0.3, 0.4) is 0 Å². The molecule has 160 valence electrons. The second-order valence-corrected chi connectivity index (χ2v) is 9.64. The van der Waals surface area contributed by atoms with Crippen molar-refractivity contribution < 1.29 is 0 Å². The zero-order valence-corrected chi connectivity index (χ0v) is 18.3. The summed E-state index contributed by atoms with van der Waals surface area (Å²) < 4.78 is 2.11. The van der Waals surface area contributed by atoms with Crippen molar-refractivity contribution in [3.8, 4) is 11.1 Å². The number of fused-ring (bicyclic) bond motifs is 2. The third-order valence-corrected chi connectivity index (χ3v) is 6.99. The number of aryl methyl sites for hydroxylation is 1. The van der Waals surface area contributed by atoms with Crippen molar-refractivity contribution in [2.24, 2.45) is 0 Å². The Balaban J connectivity index is 1.26. The van der Waals surface area contributed by atoms with E-state index in [0.717, 1.165) is 53.2 Å². The van der Waals surface area contributed by atoms with E-state index in [9.17, 15) is 0 Å². The topological polar surface area (TPSA) is 59.7 Å². The van der Waals surface area contributed by atoms with Crippen LogP contribution in [-0.4, -0.2) is 31.3 Å². The fourth-order valence-electron chi connectivity index (χ4n) is 4.80. The lowest BCUT2D eigenvalue weighted by Gasteiger charge is -2.30. The smallest absolute Gasteiger partial charge is 0.140 e. The highest BCUT2D eigenvalue weighted by Gasteiger charge is 2.29. The van der Waals surface area contributed by atoms with Gasteiger partial charge < -0.3 is 4.90 Å². The molecule has 2 saturated carbocycles. The number of rotatable bonds is 4. The van der Waals surface area contributed by atoms with E-state index in [1.54, 1.807) is 0 Å². The van der Waals surface area contributed by atoms with Gasteiger partial charge in [-0.25, -0.2) is 9.97 Å². The minimum absolute atomic E-state index is 0.535. The van der Waals surface area contributed by atoms with Crippen molar-refractivity contribution in [2.75, 3.05) is 11.4 Å². The van der Waals surface area contributed by atoms with Crippen LogP contribution in [0.5, 0.6) is 0 Å². The lowest BCUT2D eigenvalue weighted by molar-refractivity contribution is 0.642. The van der Waals surface area contributed by atoms with E-state index < -0.39 is 0 Å². The van der Waals surface area contributed by atoms with Gasteiger partial charge in [0.05, 0.1) is 17.8 Å². The number of aromatic nitrogens is 5. The third kappa shape index (κ3) is 3.17. The second kappa shape index (κ2) is 6.86. The first-order valence-electron chi connectivity index (χ1n) is 11.8. The Morgan fingerprint density at radius 2 is 1.88 bits per heavy atom. The molecule has 4 heterocycles. The summed E-state index contributed by atoms with van der Waals surface area (Å²) in [5, 5.41) is 5.73. The molecule has 0 bridgehead atoms. The van der Waals surface area contributed by atoms with Crippen LogP contribution in [0.2, 0.25) is 0 Å². The van der Waals surface area contributed by atoms with Crippen LogP contribution in [0.15, 0.2) is 42.9 Å². The molecular weight excluding hydrogens is 396 g/mol. The van der Waals surface area contributed by atoms with Crippen LogP contribution in [0.4, 0.5) is 5.82 Å². The molecule has 7 rings (SSSR count). The molecule has 0 spiro atoms. The monoisotopic (exact) mass is 422 g/mol. The second-order valence-electron chi connectivity index (χ2n) is 9.64. The molecule has 1 aliphatic heterocycles. The summed E-state index contributed by atoms with van der Waals surface area (Å²) in [6.07, 6.45) is 12.0. The quantitative estimate of drug-likeness (QED) is 0.465. The fraction of sp³-hybridized carbons (Fsp3) is 0.385. The molecule has 2 aliphatic carbocycles. The number of anilines is 1. The Morgan fingerprint density at radius 1 is 0.969 bits per heavy atom. The minimum atomic E-state index is 0.535. The Bertz CT molecular complexity index is 1350. The molecule has 3 aliphatic rings. The summed E-state index contributed by atoms with van der Waals surface area (Å²) in [4.78, 5) is 17.2. The van der Waals surface area contributed by atoms with E-state index in [4.69, 9.17) is 15.0 Å². The van der Waals surface area contributed by atoms with Gasteiger partial charge in [-0.05, 0) is 56.4 Å². The van der Waals surface area contributed by atoms with Gasteiger partial charge in [0, 0.05) is 60.0 Å². The molecule has 0 amide bonds. The highest BCUT2D eigenvalue weighted by atomic mass is 15.3. The summed E-state index contributed by atoms with van der Waals surface area (Å²) in [5.74, 6) is 2.63. The van der Waals surface area contributed by atoms with Crippen LogP contribution in [0.25, 0.3) is 22.0 Å². The van der Waals surface area contributed by atoms with E-state index in [0.29, 0.717) is 12.0 Å². The number of nitrogens with zero attached hydrogens (tertiary/aromatic N) is 6. The molecule has 32 heavy (non-hydrogen) atoms. The average Bonchev–Trinajstić information content (AvgIpc) is 3.76. The minimum Gasteiger partial charge on any atom is -0.351 e. The van der Waals surface area contributed by atoms with Crippen molar-refractivity contribution in [1.29, 1.82) is 0 Å². The first kappa shape index (κ1) is 18.3. The van der Waals surface area contributed by atoms with E-state index in [-0.39, 0.29) is 0 Å². The lowest BCUT2D eigenvalue weighted by Crippen LogP contribution is -2.32. The highest BCUT2D eigenvalue weighted by Crippen LogP contribution is 2.40. The Kier molecular flexibility index (Phi) is 3.92. The summed E-state index contributed by atoms with van der Waals surface area (Å²) >= 11 is 0. The summed E-state index contributed by atoms with van der Waals surface area (Å²) in [7, 11) is 0. The highest BCUT2D eigenvalue weighted by molar-refractivity contribution is 5.90. The van der Waals surface area contributed by atoms with Gasteiger partial charge in [0.2, 0.25) is 0 Å². The fourth-order valence-corrected chi connectivity index (χ4v) is 4.80. The van der Waals surface area contributed by atoms with Gasteiger partial charge in [0.1, 0.15) is 11.6 Å². The molecule has 0 radical (unpaired) electrons. The Labute approximate surface area is 187 Å². The van der Waals surface area contributed by atoms with Crippen molar-refractivity contribution in [2.45, 2.75) is 57.5 Å². The number of hydrogen-bond donors (Lipinski definition) is 0. The normalized spacial score (nSPS) is 18.2. The van der Waals surface area contributed by atoms with Crippen LogP contribution < -0.4 is 4.90 Å². The van der Waals surface area contributed by atoms with Crippen molar-refractivity contribution in [3.05, 3.63) is 65.5 Å². The van der Waals surface area contributed by atoms with Crippen molar-refractivity contribution in [1.82, 2.24) is 24.7 Å². The largest absolute Gasteiger partial charge is 0.351 e. The maximum atomic E-state index is 5.09. The maximum absolute atomic E-state index is 5.09. The predicted octanol–water partition coefficient (Wildman–Crippen LogP) is 4.97. The van der Waals surface area contributed by atoms with Gasteiger partial charge >= 0.3 is 0 Å². The lowest BCUT2D eigenvalue weighted by atomic mass is 10.0. The van der Waals surface area contributed by atoms with Crippen LogP contribution in [-0.2, 0) is 13.0 Å². The van der Waals surface area contributed by atoms with E-state index >= 15 is 0 Å². The molecule has 3 aromatic heterocycles. The van der Waals surface area contributed by atoms with Crippen LogP contribution in [0.1, 0.15) is 60.3 Å². The van der Waals surface area contributed by atoms with Gasteiger partial charge in [-0.15, -0.1) is 0 Å². The molecule has 6 nitrogen and oxygen atoms in total. The first-order valence-corrected chi connectivity index (χ1v) is 11.8. The number of benzene rings is 1. The van der Waals surface area contributed by atoms with Gasteiger partial charge in [-0.2, -0.15) is 5.10 Å². The average molecular weight is 423 g/mol. The molecule has 4 aromatic rings. The Hall–Kier alpha value is -3.28. The van der Waals surface area contributed by atoms with Gasteiger partial charge in [-0.1, -0.05) is 11.6 Å². The molecule has 0 unspecified atom stereocenters. The standard InChI is InChI=1S/C26H26N6/c1-16-2-7-24-22(10-16)26(30-25(29-24)17-3-4-17)31-9-8-23-19(14-31)11-18(12-27-23)20-13-28-32(15-20)21-5-6-21/h2,7,10-13,15,17,21H,3-6,8-9,14H2,1H3. The van der Waals surface area contributed by atoms with Gasteiger partial charge in [0.15, 0.2) is 0 Å². The summed E-state index contributed by atoms with van der Waals surface area (Å²) in [6.45, 7) is 3.90. The third-order valence-electron chi connectivity index (χ3n) is 6.99. The summed E-state index contributed by atoms with van der Waals surface area (Å²) in [6, 6.07) is 9.44. The molecular formula is C26H26N6. The van der Waals surface area contributed by atoms with Gasteiger partial charge in [-0.3, -0.25) is 9.67 Å². The van der Waals surface area contributed by atoms with E-state index in [2.05, 4.69) is 52.1 Å². The molecule has 6 heteroatoms. The number of pyridine rings is 1.